The molecule has 0 radical (unpaired) electrons. The van der Waals surface area contributed by atoms with Gasteiger partial charge in [-0.25, -0.2) is 4.79 Å². The Hall–Kier alpha value is -2.02. The van der Waals surface area contributed by atoms with Crippen LogP contribution >= 0.6 is 0 Å². The number of hydrogen-bond acceptors (Lipinski definition) is 3. The van der Waals surface area contributed by atoms with Crippen molar-refractivity contribution in [3.63, 3.8) is 0 Å². The fourth-order valence-corrected chi connectivity index (χ4v) is 1.58. The molecule has 0 saturated heterocycles. The molecule has 0 spiro atoms. The highest BCUT2D eigenvalue weighted by atomic mass is 16.5. The minimum absolute atomic E-state index is 0.232. The van der Waals surface area contributed by atoms with Gasteiger partial charge in [-0.15, -0.1) is 0 Å². The number of rotatable bonds is 4. The second-order valence-corrected chi connectivity index (χ2v) is 4.15. The van der Waals surface area contributed by atoms with E-state index in [1.54, 1.807) is 0 Å². The first-order valence-electron chi connectivity index (χ1n) is 5.66. The summed E-state index contributed by atoms with van der Waals surface area (Å²) in [5, 5.41) is 11.4. The number of benzene rings is 1. The Balaban J connectivity index is 1.76. The topological polar surface area (TPSA) is 62.1 Å². The van der Waals surface area contributed by atoms with Crippen LogP contribution in [0, 0.1) is 17.2 Å². The number of nitriles is 1. The molecular formula is C13H14N2O2. The molecule has 2 rings (SSSR count). The molecule has 1 aliphatic rings. The van der Waals surface area contributed by atoms with Gasteiger partial charge >= 0.3 is 6.09 Å². The maximum absolute atomic E-state index is 11.4. The van der Waals surface area contributed by atoms with Crippen molar-refractivity contribution in [1.82, 2.24) is 5.32 Å². The van der Waals surface area contributed by atoms with E-state index in [1.807, 2.05) is 30.3 Å². The highest BCUT2D eigenvalue weighted by Crippen LogP contribution is 2.32. The van der Waals surface area contributed by atoms with Gasteiger partial charge in [0.15, 0.2) is 0 Å². The molecule has 0 aromatic heterocycles. The molecule has 1 saturated carbocycles. The summed E-state index contributed by atoms with van der Waals surface area (Å²) < 4.78 is 5.04. The summed E-state index contributed by atoms with van der Waals surface area (Å²) in [6, 6.07) is 11.1. The molecular weight excluding hydrogens is 216 g/mol. The van der Waals surface area contributed by atoms with E-state index in [0.29, 0.717) is 5.92 Å². The Morgan fingerprint density at radius 2 is 2.18 bits per heavy atom. The van der Waals surface area contributed by atoms with Crippen molar-refractivity contribution in [2.24, 2.45) is 5.92 Å². The molecule has 0 bridgehead atoms. The normalized spacial score (nSPS) is 15.7. The van der Waals surface area contributed by atoms with Crippen LogP contribution < -0.4 is 5.32 Å². The number of carbonyl (C=O) groups is 1. The summed E-state index contributed by atoms with van der Waals surface area (Å²) in [4.78, 5) is 11.4. The standard InChI is InChI=1S/C13H14N2O2/c14-8-12(11-6-7-11)15-13(16)17-9-10-4-2-1-3-5-10/h1-5,11-12H,6-7,9H2,(H,15,16)/t12-/m1/s1. The van der Waals surface area contributed by atoms with Crippen molar-refractivity contribution >= 4 is 6.09 Å². The summed E-state index contributed by atoms with van der Waals surface area (Å²) in [7, 11) is 0. The predicted molar refractivity (Wildman–Crippen MR) is 61.9 cm³/mol. The van der Waals surface area contributed by atoms with Crippen LogP contribution in [0.2, 0.25) is 0 Å². The van der Waals surface area contributed by atoms with Crippen LogP contribution in [0.1, 0.15) is 18.4 Å². The number of nitrogens with zero attached hydrogens (tertiary/aromatic N) is 1. The van der Waals surface area contributed by atoms with Crippen LogP contribution in [0.25, 0.3) is 0 Å². The maximum Gasteiger partial charge on any atom is 0.408 e. The van der Waals surface area contributed by atoms with Crippen molar-refractivity contribution in [2.45, 2.75) is 25.5 Å². The van der Waals surface area contributed by atoms with Crippen molar-refractivity contribution in [3.05, 3.63) is 35.9 Å². The van der Waals surface area contributed by atoms with Crippen molar-refractivity contribution in [2.75, 3.05) is 0 Å². The minimum Gasteiger partial charge on any atom is -0.445 e. The largest absolute Gasteiger partial charge is 0.445 e. The molecule has 1 fully saturated rings. The van der Waals surface area contributed by atoms with E-state index in [2.05, 4.69) is 11.4 Å². The van der Waals surface area contributed by atoms with E-state index in [0.717, 1.165) is 18.4 Å². The molecule has 1 atom stereocenters. The number of amides is 1. The second kappa shape index (κ2) is 5.35. The zero-order valence-electron chi connectivity index (χ0n) is 9.43. The van der Waals surface area contributed by atoms with Crippen LogP contribution in [0.15, 0.2) is 30.3 Å². The van der Waals surface area contributed by atoms with Gasteiger partial charge in [0.05, 0.1) is 6.07 Å². The van der Waals surface area contributed by atoms with Crippen molar-refractivity contribution < 1.29 is 9.53 Å². The van der Waals surface area contributed by atoms with Crippen LogP contribution in [-0.2, 0) is 11.3 Å². The molecule has 0 heterocycles. The van der Waals surface area contributed by atoms with Crippen molar-refractivity contribution in [1.29, 1.82) is 5.26 Å². The fourth-order valence-electron chi connectivity index (χ4n) is 1.58. The molecule has 0 unspecified atom stereocenters. The first kappa shape index (κ1) is 11.5. The summed E-state index contributed by atoms with van der Waals surface area (Å²) in [6.45, 7) is 0.232. The quantitative estimate of drug-likeness (QED) is 0.862. The lowest BCUT2D eigenvalue weighted by Gasteiger charge is -2.10. The average Bonchev–Trinajstić information content (AvgIpc) is 3.19. The number of ether oxygens (including phenoxy) is 1. The number of carbonyl (C=O) groups excluding carboxylic acids is 1. The zero-order valence-corrected chi connectivity index (χ0v) is 9.43. The van der Waals surface area contributed by atoms with E-state index in [-0.39, 0.29) is 6.61 Å². The smallest absolute Gasteiger partial charge is 0.408 e. The first-order valence-corrected chi connectivity index (χ1v) is 5.66. The molecule has 17 heavy (non-hydrogen) atoms. The number of nitrogens with one attached hydrogen (secondary N) is 1. The lowest BCUT2D eigenvalue weighted by Crippen LogP contribution is -2.35. The SMILES string of the molecule is N#C[C@@H](NC(=O)OCc1ccccc1)C1CC1. The number of hydrogen-bond donors (Lipinski definition) is 1. The molecule has 88 valence electrons. The number of alkyl carbamates (subject to hydrolysis) is 1. The Labute approximate surface area is 100 Å². The monoisotopic (exact) mass is 230 g/mol. The zero-order chi connectivity index (χ0) is 12.1. The van der Waals surface area contributed by atoms with E-state index >= 15 is 0 Å². The first-order chi connectivity index (χ1) is 8.29. The molecule has 1 aromatic rings. The van der Waals surface area contributed by atoms with E-state index < -0.39 is 12.1 Å². The molecule has 1 aliphatic carbocycles. The van der Waals surface area contributed by atoms with Gasteiger partial charge < -0.3 is 10.1 Å². The minimum atomic E-state index is -0.521. The van der Waals surface area contributed by atoms with Crippen molar-refractivity contribution in [3.8, 4) is 6.07 Å². The van der Waals surface area contributed by atoms with Crippen LogP contribution in [0.4, 0.5) is 4.79 Å². The summed E-state index contributed by atoms with van der Waals surface area (Å²) in [5.41, 5.74) is 0.933. The third kappa shape index (κ3) is 3.49. The summed E-state index contributed by atoms with van der Waals surface area (Å²) >= 11 is 0. The maximum atomic E-state index is 11.4. The van der Waals surface area contributed by atoms with Gasteiger partial charge in [-0.1, -0.05) is 30.3 Å². The third-order valence-corrected chi connectivity index (χ3v) is 2.72. The Kier molecular flexibility index (Phi) is 3.61. The predicted octanol–water partition coefficient (Wildman–Crippen LogP) is 2.21. The van der Waals surface area contributed by atoms with E-state index in [1.165, 1.54) is 0 Å². The fraction of sp³-hybridized carbons (Fsp3) is 0.385. The average molecular weight is 230 g/mol. The molecule has 4 heteroatoms. The van der Waals surface area contributed by atoms with Gasteiger partial charge in [0.25, 0.3) is 0 Å². The molecule has 1 amide bonds. The van der Waals surface area contributed by atoms with Crippen LogP contribution in [0.5, 0.6) is 0 Å². The highest BCUT2D eigenvalue weighted by Gasteiger charge is 2.32. The Morgan fingerprint density at radius 1 is 1.47 bits per heavy atom. The van der Waals surface area contributed by atoms with Gasteiger partial charge in [0.2, 0.25) is 0 Å². The molecule has 4 nitrogen and oxygen atoms in total. The van der Waals surface area contributed by atoms with Gasteiger partial charge in [0, 0.05) is 0 Å². The van der Waals surface area contributed by atoms with Crippen LogP contribution in [0.3, 0.4) is 0 Å². The van der Waals surface area contributed by atoms with Gasteiger partial charge in [0.1, 0.15) is 12.6 Å². The highest BCUT2D eigenvalue weighted by molar-refractivity contribution is 5.68. The van der Waals surface area contributed by atoms with Gasteiger partial charge in [-0.3, -0.25) is 0 Å². The lowest BCUT2D eigenvalue weighted by atomic mass is 10.2. The van der Waals surface area contributed by atoms with Crippen LogP contribution in [-0.4, -0.2) is 12.1 Å². The van der Waals surface area contributed by atoms with E-state index in [4.69, 9.17) is 10.00 Å². The van der Waals surface area contributed by atoms with E-state index in [9.17, 15) is 4.79 Å². The van der Waals surface area contributed by atoms with Gasteiger partial charge in [-0.05, 0) is 24.3 Å². The Bertz CT molecular complexity index is 421. The summed E-state index contributed by atoms with van der Waals surface area (Å²) in [6.07, 6.45) is 1.50. The second-order valence-electron chi connectivity index (χ2n) is 4.15. The third-order valence-electron chi connectivity index (χ3n) is 2.72. The van der Waals surface area contributed by atoms with Gasteiger partial charge in [-0.2, -0.15) is 5.26 Å². The molecule has 0 aliphatic heterocycles. The lowest BCUT2D eigenvalue weighted by molar-refractivity contribution is 0.137. The molecule has 1 N–H and O–H groups in total. The Morgan fingerprint density at radius 3 is 2.76 bits per heavy atom. The summed E-state index contributed by atoms with van der Waals surface area (Å²) in [5.74, 6) is 0.310. The molecule has 1 aromatic carbocycles.